The van der Waals surface area contributed by atoms with Gasteiger partial charge in [-0.1, -0.05) is 24.4 Å². The molecule has 98 valence electrons. The van der Waals surface area contributed by atoms with Gasteiger partial charge in [-0.3, -0.25) is 0 Å². The molecule has 19 heavy (non-hydrogen) atoms. The van der Waals surface area contributed by atoms with E-state index < -0.39 is 0 Å². The highest BCUT2D eigenvalue weighted by Gasteiger charge is 2.10. The molecule has 0 aliphatic rings. The standard InChI is InChI=1S/C14H12BrFN2S/c1-8-5-6-9(16)7-12(8)18-11-4-2-3-10(15)13(11)14(17)19/h2-7,18H,1H3,(H2,17,19). The lowest BCUT2D eigenvalue weighted by atomic mass is 10.1. The first-order chi connectivity index (χ1) is 8.99. The minimum atomic E-state index is -0.292. The number of anilines is 2. The number of rotatable bonds is 3. The van der Waals surface area contributed by atoms with E-state index >= 15 is 0 Å². The summed E-state index contributed by atoms with van der Waals surface area (Å²) in [5, 5.41) is 3.17. The molecule has 0 atom stereocenters. The van der Waals surface area contributed by atoms with E-state index in [1.807, 2.05) is 25.1 Å². The monoisotopic (exact) mass is 338 g/mol. The molecule has 2 aromatic carbocycles. The molecule has 2 nitrogen and oxygen atoms in total. The summed E-state index contributed by atoms with van der Waals surface area (Å²) in [7, 11) is 0. The fraction of sp³-hybridized carbons (Fsp3) is 0.0714. The summed E-state index contributed by atoms with van der Waals surface area (Å²) in [6.07, 6.45) is 0. The van der Waals surface area contributed by atoms with Crippen molar-refractivity contribution in [1.82, 2.24) is 0 Å². The summed E-state index contributed by atoms with van der Waals surface area (Å²) in [6, 6.07) is 10.2. The van der Waals surface area contributed by atoms with Gasteiger partial charge in [-0.25, -0.2) is 4.39 Å². The molecule has 0 saturated heterocycles. The zero-order chi connectivity index (χ0) is 14.0. The summed E-state index contributed by atoms with van der Waals surface area (Å²) < 4.78 is 14.1. The Balaban J connectivity index is 2.46. The second kappa shape index (κ2) is 5.67. The van der Waals surface area contributed by atoms with Crippen LogP contribution in [-0.4, -0.2) is 4.99 Å². The van der Waals surface area contributed by atoms with Crippen molar-refractivity contribution in [2.75, 3.05) is 5.32 Å². The first kappa shape index (κ1) is 14.0. The lowest BCUT2D eigenvalue weighted by Gasteiger charge is -2.14. The first-order valence-electron chi connectivity index (χ1n) is 5.60. The minimum Gasteiger partial charge on any atom is -0.389 e. The maximum atomic E-state index is 13.3. The van der Waals surface area contributed by atoms with Gasteiger partial charge in [0.15, 0.2) is 0 Å². The van der Waals surface area contributed by atoms with Crippen LogP contribution >= 0.6 is 28.1 Å². The van der Waals surface area contributed by atoms with Gasteiger partial charge in [-0.15, -0.1) is 0 Å². The molecular weight excluding hydrogens is 327 g/mol. The second-order valence-electron chi connectivity index (χ2n) is 4.11. The van der Waals surface area contributed by atoms with Crippen LogP contribution in [-0.2, 0) is 0 Å². The molecule has 0 aliphatic heterocycles. The van der Waals surface area contributed by atoms with Crippen LogP contribution in [0, 0.1) is 12.7 Å². The summed E-state index contributed by atoms with van der Waals surface area (Å²) in [5.41, 5.74) is 8.81. The van der Waals surface area contributed by atoms with Crippen molar-refractivity contribution in [2.45, 2.75) is 6.92 Å². The molecule has 0 aromatic heterocycles. The van der Waals surface area contributed by atoms with E-state index in [4.69, 9.17) is 18.0 Å². The summed E-state index contributed by atoms with van der Waals surface area (Å²) in [6.45, 7) is 1.90. The van der Waals surface area contributed by atoms with Crippen molar-refractivity contribution in [3.05, 3.63) is 57.8 Å². The van der Waals surface area contributed by atoms with Crippen LogP contribution in [0.25, 0.3) is 0 Å². The Morgan fingerprint density at radius 3 is 2.68 bits per heavy atom. The molecule has 0 heterocycles. The number of benzene rings is 2. The minimum absolute atomic E-state index is 0.282. The second-order valence-corrected chi connectivity index (χ2v) is 5.41. The molecular formula is C14H12BrFN2S. The van der Waals surface area contributed by atoms with E-state index in [1.165, 1.54) is 12.1 Å². The van der Waals surface area contributed by atoms with E-state index in [0.717, 1.165) is 15.7 Å². The molecule has 0 unspecified atom stereocenters. The van der Waals surface area contributed by atoms with E-state index in [2.05, 4.69) is 21.2 Å². The van der Waals surface area contributed by atoms with Crippen LogP contribution in [0.4, 0.5) is 15.8 Å². The molecule has 0 radical (unpaired) electrons. The molecule has 0 amide bonds. The lowest BCUT2D eigenvalue weighted by molar-refractivity contribution is 0.628. The molecule has 0 spiro atoms. The van der Waals surface area contributed by atoms with E-state index in [-0.39, 0.29) is 10.8 Å². The van der Waals surface area contributed by atoms with Gasteiger partial charge >= 0.3 is 0 Å². The fourth-order valence-electron chi connectivity index (χ4n) is 1.75. The zero-order valence-electron chi connectivity index (χ0n) is 10.2. The maximum Gasteiger partial charge on any atom is 0.125 e. The predicted molar refractivity (Wildman–Crippen MR) is 84.4 cm³/mol. The van der Waals surface area contributed by atoms with Crippen LogP contribution in [0.2, 0.25) is 0 Å². The number of thiocarbonyl (C=S) groups is 1. The Kier molecular flexibility index (Phi) is 4.17. The van der Waals surface area contributed by atoms with Crippen LogP contribution < -0.4 is 11.1 Å². The molecule has 2 aromatic rings. The summed E-state index contributed by atoms with van der Waals surface area (Å²) in [5.74, 6) is -0.292. The largest absolute Gasteiger partial charge is 0.389 e. The van der Waals surface area contributed by atoms with Crippen LogP contribution in [0.5, 0.6) is 0 Å². The Labute approximate surface area is 124 Å². The third kappa shape index (κ3) is 3.11. The first-order valence-corrected chi connectivity index (χ1v) is 6.80. The van der Waals surface area contributed by atoms with Gasteiger partial charge in [0.2, 0.25) is 0 Å². The van der Waals surface area contributed by atoms with E-state index in [9.17, 15) is 4.39 Å². The topological polar surface area (TPSA) is 38.0 Å². The fourth-order valence-corrected chi connectivity index (χ4v) is 2.68. The van der Waals surface area contributed by atoms with Crippen LogP contribution in [0.3, 0.4) is 0 Å². The van der Waals surface area contributed by atoms with Gasteiger partial charge in [0.25, 0.3) is 0 Å². The van der Waals surface area contributed by atoms with Crippen molar-refractivity contribution in [3.8, 4) is 0 Å². The number of hydrogen-bond donors (Lipinski definition) is 2. The molecule has 0 aliphatic carbocycles. The highest BCUT2D eigenvalue weighted by molar-refractivity contribution is 9.10. The number of hydrogen-bond acceptors (Lipinski definition) is 2. The van der Waals surface area contributed by atoms with Crippen molar-refractivity contribution >= 4 is 44.5 Å². The third-order valence-corrected chi connectivity index (χ3v) is 3.59. The van der Waals surface area contributed by atoms with Crippen molar-refractivity contribution in [3.63, 3.8) is 0 Å². The molecule has 2 rings (SSSR count). The molecule has 0 bridgehead atoms. The Morgan fingerprint density at radius 2 is 2.00 bits per heavy atom. The Bertz CT molecular complexity index is 643. The quantitative estimate of drug-likeness (QED) is 0.820. The molecule has 3 N–H and O–H groups in total. The Hall–Kier alpha value is -1.46. The normalized spacial score (nSPS) is 10.3. The lowest BCUT2D eigenvalue weighted by Crippen LogP contribution is -2.13. The van der Waals surface area contributed by atoms with Gasteiger partial charge in [0.05, 0.1) is 0 Å². The zero-order valence-corrected chi connectivity index (χ0v) is 12.6. The van der Waals surface area contributed by atoms with Crippen LogP contribution in [0.1, 0.15) is 11.1 Å². The number of nitrogens with one attached hydrogen (secondary N) is 1. The van der Waals surface area contributed by atoms with Crippen molar-refractivity contribution in [1.29, 1.82) is 0 Å². The van der Waals surface area contributed by atoms with Gasteiger partial charge in [-0.2, -0.15) is 0 Å². The van der Waals surface area contributed by atoms with Crippen molar-refractivity contribution < 1.29 is 4.39 Å². The maximum absolute atomic E-state index is 13.3. The van der Waals surface area contributed by atoms with Crippen molar-refractivity contribution in [2.24, 2.45) is 5.73 Å². The number of aryl methyl sites for hydroxylation is 1. The average Bonchev–Trinajstić information content (AvgIpc) is 2.33. The number of nitrogens with two attached hydrogens (primary N) is 1. The van der Waals surface area contributed by atoms with E-state index in [0.29, 0.717) is 11.3 Å². The summed E-state index contributed by atoms with van der Waals surface area (Å²) in [4.78, 5) is 0.282. The highest BCUT2D eigenvalue weighted by Crippen LogP contribution is 2.29. The van der Waals surface area contributed by atoms with Gasteiger partial charge in [-0.05, 0) is 52.7 Å². The average molecular weight is 339 g/mol. The van der Waals surface area contributed by atoms with Gasteiger partial charge < -0.3 is 11.1 Å². The smallest absolute Gasteiger partial charge is 0.125 e. The van der Waals surface area contributed by atoms with Gasteiger partial charge in [0, 0.05) is 21.4 Å². The van der Waals surface area contributed by atoms with Crippen LogP contribution in [0.15, 0.2) is 40.9 Å². The SMILES string of the molecule is Cc1ccc(F)cc1Nc1cccc(Br)c1C(N)=S. The predicted octanol–water partition coefficient (Wildman–Crippen LogP) is 4.27. The van der Waals surface area contributed by atoms with Gasteiger partial charge in [0.1, 0.15) is 10.8 Å². The Morgan fingerprint density at radius 1 is 1.26 bits per heavy atom. The third-order valence-electron chi connectivity index (χ3n) is 2.73. The molecule has 5 heteroatoms. The summed E-state index contributed by atoms with van der Waals surface area (Å²) >= 11 is 8.46. The highest BCUT2D eigenvalue weighted by atomic mass is 79.9. The number of halogens is 2. The molecule has 0 saturated carbocycles. The molecule has 0 fully saturated rings. The van der Waals surface area contributed by atoms with E-state index in [1.54, 1.807) is 6.07 Å².